The maximum Gasteiger partial charge on any atom is 0.307 e. The minimum absolute atomic E-state index is 0.0812. The molecule has 0 aliphatic heterocycles. The fraction of sp³-hybridized carbons (Fsp3) is 0.176. The van der Waals surface area contributed by atoms with Crippen molar-refractivity contribution < 1.29 is 14.7 Å². The molecule has 0 aliphatic rings. The molecule has 22 heavy (non-hydrogen) atoms. The standard InChI is InChI=1S/C17H14Cl2O3/c18-14-7-6-12(9-15(14)19)16(20)10-13(17(21)22)8-11-4-2-1-3-5-11/h1-7,9,13H,8,10H2,(H,21,22)/t13-/m1/s1. The summed E-state index contributed by atoms with van der Waals surface area (Å²) in [5.41, 5.74) is 1.26. The maximum absolute atomic E-state index is 12.2. The molecular formula is C17H14Cl2O3. The lowest BCUT2D eigenvalue weighted by molar-refractivity contribution is -0.141. The molecule has 0 saturated heterocycles. The van der Waals surface area contributed by atoms with Crippen LogP contribution in [0.15, 0.2) is 48.5 Å². The summed E-state index contributed by atoms with van der Waals surface area (Å²) in [6.45, 7) is 0. The topological polar surface area (TPSA) is 54.4 Å². The number of benzene rings is 2. The van der Waals surface area contributed by atoms with Gasteiger partial charge in [-0.2, -0.15) is 0 Å². The van der Waals surface area contributed by atoms with E-state index in [1.807, 2.05) is 30.3 Å². The summed E-state index contributed by atoms with van der Waals surface area (Å²) < 4.78 is 0. The molecule has 1 N–H and O–H groups in total. The molecule has 0 saturated carbocycles. The smallest absolute Gasteiger partial charge is 0.307 e. The Kier molecular flexibility index (Phi) is 5.58. The highest BCUT2D eigenvalue weighted by Crippen LogP contribution is 2.24. The van der Waals surface area contributed by atoms with Crippen LogP contribution in [0.25, 0.3) is 0 Å². The Morgan fingerprint density at radius 2 is 1.68 bits per heavy atom. The maximum atomic E-state index is 12.2. The number of carbonyl (C=O) groups is 2. The van der Waals surface area contributed by atoms with Gasteiger partial charge in [-0.25, -0.2) is 0 Å². The van der Waals surface area contributed by atoms with Gasteiger partial charge in [0.15, 0.2) is 5.78 Å². The third-order valence-corrected chi connectivity index (χ3v) is 4.09. The number of carbonyl (C=O) groups excluding carboxylic acids is 1. The van der Waals surface area contributed by atoms with Crippen LogP contribution < -0.4 is 0 Å². The van der Waals surface area contributed by atoms with Gasteiger partial charge in [-0.05, 0) is 30.2 Å². The number of carboxylic acid groups (broad SMARTS) is 1. The fourth-order valence-corrected chi connectivity index (χ4v) is 2.45. The van der Waals surface area contributed by atoms with E-state index >= 15 is 0 Å². The van der Waals surface area contributed by atoms with Gasteiger partial charge in [0.25, 0.3) is 0 Å². The summed E-state index contributed by atoms with van der Waals surface area (Å²) in [7, 11) is 0. The normalized spacial score (nSPS) is 11.9. The van der Waals surface area contributed by atoms with Gasteiger partial charge in [0.2, 0.25) is 0 Å². The van der Waals surface area contributed by atoms with Crippen LogP contribution in [0.5, 0.6) is 0 Å². The average molecular weight is 337 g/mol. The lowest BCUT2D eigenvalue weighted by Crippen LogP contribution is -2.20. The van der Waals surface area contributed by atoms with Crippen LogP contribution in [0, 0.1) is 5.92 Å². The molecule has 0 aliphatic carbocycles. The van der Waals surface area contributed by atoms with Crippen molar-refractivity contribution in [3.63, 3.8) is 0 Å². The van der Waals surface area contributed by atoms with E-state index in [-0.39, 0.29) is 17.2 Å². The van der Waals surface area contributed by atoms with Gasteiger partial charge in [-0.1, -0.05) is 53.5 Å². The summed E-state index contributed by atoms with van der Waals surface area (Å²) in [6.07, 6.45) is 0.228. The van der Waals surface area contributed by atoms with Crippen molar-refractivity contribution in [2.45, 2.75) is 12.8 Å². The van der Waals surface area contributed by atoms with E-state index in [0.717, 1.165) is 5.56 Å². The lowest BCUT2D eigenvalue weighted by atomic mass is 9.92. The number of aliphatic carboxylic acids is 1. The van der Waals surface area contributed by atoms with Gasteiger partial charge in [-0.3, -0.25) is 9.59 Å². The first kappa shape index (κ1) is 16.5. The molecule has 0 heterocycles. The number of hydrogen-bond donors (Lipinski definition) is 1. The number of halogens is 2. The Morgan fingerprint density at radius 1 is 1.00 bits per heavy atom. The molecule has 5 heteroatoms. The van der Waals surface area contributed by atoms with Gasteiger partial charge in [0.1, 0.15) is 0 Å². The molecule has 2 aromatic carbocycles. The largest absolute Gasteiger partial charge is 0.481 e. The predicted molar refractivity (Wildman–Crippen MR) is 86.7 cm³/mol. The summed E-state index contributed by atoms with van der Waals surface area (Å²) in [6, 6.07) is 13.8. The molecule has 0 amide bonds. The zero-order valence-corrected chi connectivity index (χ0v) is 13.1. The van der Waals surface area contributed by atoms with Crippen LogP contribution in [0.1, 0.15) is 22.3 Å². The van der Waals surface area contributed by atoms with Crippen molar-refractivity contribution in [1.29, 1.82) is 0 Å². The number of ketones is 1. The highest BCUT2D eigenvalue weighted by atomic mass is 35.5. The number of rotatable bonds is 6. The highest BCUT2D eigenvalue weighted by molar-refractivity contribution is 6.42. The lowest BCUT2D eigenvalue weighted by Gasteiger charge is -2.12. The molecule has 0 aromatic heterocycles. The van der Waals surface area contributed by atoms with E-state index in [2.05, 4.69) is 0 Å². The van der Waals surface area contributed by atoms with Gasteiger partial charge >= 0.3 is 5.97 Å². The molecular weight excluding hydrogens is 323 g/mol. The van der Waals surface area contributed by atoms with Crippen LogP contribution in [0.2, 0.25) is 10.0 Å². The number of hydrogen-bond acceptors (Lipinski definition) is 2. The fourth-order valence-electron chi connectivity index (χ4n) is 2.16. The Bertz CT molecular complexity index is 684. The van der Waals surface area contributed by atoms with Crippen LogP contribution in [-0.2, 0) is 11.2 Å². The molecule has 0 bridgehead atoms. The molecule has 114 valence electrons. The van der Waals surface area contributed by atoms with Gasteiger partial charge in [0.05, 0.1) is 16.0 Å². The van der Waals surface area contributed by atoms with E-state index in [0.29, 0.717) is 17.0 Å². The summed E-state index contributed by atoms with van der Waals surface area (Å²) in [4.78, 5) is 23.6. The SMILES string of the molecule is O=C(C[C@@H](Cc1ccccc1)C(=O)O)c1ccc(Cl)c(Cl)c1. The molecule has 1 atom stereocenters. The first-order valence-electron chi connectivity index (χ1n) is 6.72. The van der Waals surface area contributed by atoms with E-state index in [4.69, 9.17) is 23.2 Å². The van der Waals surface area contributed by atoms with Crippen molar-refractivity contribution in [3.05, 3.63) is 69.7 Å². The van der Waals surface area contributed by atoms with E-state index < -0.39 is 11.9 Å². The van der Waals surface area contributed by atoms with Crippen LogP contribution >= 0.6 is 23.2 Å². The third-order valence-electron chi connectivity index (χ3n) is 3.35. The summed E-state index contributed by atoms with van der Waals surface area (Å²) in [5.74, 6) is -2.02. The molecule has 3 nitrogen and oxygen atoms in total. The van der Waals surface area contributed by atoms with Crippen molar-refractivity contribution in [2.75, 3.05) is 0 Å². The molecule has 0 spiro atoms. The van der Waals surface area contributed by atoms with Crippen LogP contribution in [0.3, 0.4) is 0 Å². The second-order valence-corrected chi connectivity index (χ2v) is 5.80. The van der Waals surface area contributed by atoms with E-state index in [1.165, 1.54) is 12.1 Å². The molecule has 0 fully saturated rings. The predicted octanol–water partition coefficient (Wildman–Crippen LogP) is 4.51. The first-order valence-corrected chi connectivity index (χ1v) is 7.48. The van der Waals surface area contributed by atoms with Crippen molar-refractivity contribution in [2.24, 2.45) is 5.92 Å². The Morgan fingerprint density at radius 3 is 2.27 bits per heavy atom. The second-order valence-electron chi connectivity index (χ2n) is 4.98. The van der Waals surface area contributed by atoms with Crippen molar-refractivity contribution in [3.8, 4) is 0 Å². The van der Waals surface area contributed by atoms with Crippen LogP contribution in [-0.4, -0.2) is 16.9 Å². The van der Waals surface area contributed by atoms with Crippen molar-refractivity contribution >= 4 is 35.0 Å². The van der Waals surface area contributed by atoms with Gasteiger partial charge < -0.3 is 5.11 Å². The van der Waals surface area contributed by atoms with E-state index in [9.17, 15) is 14.7 Å². The Labute approximate surface area is 138 Å². The van der Waals surface area contributed by atoms with E-state index in [1.54, 1.807) is 6.07 Å². The Hall–Kier alpha value is -1.84. The van der Waals surface area contributed by atoms with Crippen molar-refractivity contribution in [1.82, 2.24) is 0 Å². The minimum Gasteiger partial charge on any atom is -0.481 e. The molecule has 2 aromatic rings. The zero-order valence-electron chi connectivity index (χ0n) is 11.6. The second kappa shape index (κ2) is 7.43. The average Bonchev–Trinajstić information content (AvgIpc) is 2.50. The Balaban J connectivity index is 2.12. The number of Topliss-reactive ketones (excluding diaryl/α,β-unsaturated/α-hetero) is 1. The summed E-state index contributed by atoms with van der Waals surface area (Å²) >= 11 is 11.7. The first-order chi connectivity index (χ1) is 10.5. The third kappa shape index (κ3) is 4.33. The van der Waals surface area contributed by atoms with Crippen LogP contribution in [0.4, 0.5) is 0 Å². The molecule has 0 radical (unpaired) electrons. The monoisotopic (exact) mass is 336 g/mol. The van der Waals surface area contributed by atoms with Gasteiger partial charge in [0, 0.05) is 12.0 Å². The quantitative estimate of drug-likeness (QED) is 0.789. The highest BCUT2D eigenvalue weighted by Gasteiger charge is 2.22. The van der Waals surface area contributed by atoms with Gasteiger partial charge in [-0.15, -0.1) is 0 Å². The molecule has 0 unspecified atom stereocenters. The zero-order chi connectivity index (χ0) is 16.1. The number of carboxylic acids is 1. The summed E-state index contributed by atoms with van der Waals surface area (Å²) in [5, 5.41) is 9.97. The molecule has 2 rings (SSSR count). The minimum atomic E-state index is -0.989.